The Morgan fingerprint density at radius 1 is 0.309 bits per heavy atom. The Hall–Kier alpha value is -6.94. The first kappa shape index (κ1) is 31.6. The zero-order valence-corrected chi connectivity index (χ0v) is 30.6. The predicted molar refractivity (Wildman–Crippen MR) is 235 cm³/mol. The zero-order valence-electron chi connectivity index (χ0n) is 29.8. The minimum Gasteiger partial charge on any atom is -0.228 e. The molecule has 2 nitrogen and oxygen atoms in total. The highest BCUT2D eigenvalue weighted by atomic mass is 32.1. The molecule has 11 rings (SSSR count). The number of aromatic nitrogens is 2. The maximum absolute atomic E-state index is 5.33. The lowest BCUT2D eigenvalue weighted by Crippen LogP contribution is -1.97. The van der Waals surface area contributed by atoms with Gasteiger partial charge < -0.3 is 0 Å². The highest BCUT2D eigenvalue weighted by Crippen LogP contribution is 2.43. The third-order valence-corrected chi connectivity index (χ3v) is 12.1. The molecule has 0 aliphatic heterocycles. The van der Waals surface area contributed by atoms with Gasteiger partial charge in [-0.15, -0.1) is 11.3 Å². The van der Waals surface area contributed by atoms with E-state index in [0.717, 1.165) is 39.2 Å². The number of fused-ring (bicyclic) bond motifs is 7. The second-order valence-corrected chi connectivity index (χ2v) is 15.2. The van der Waals surface area contributed by atoms with Crippen molar-refractivity contribution in [3.8, 4) is 56.2 Å². The van der Waals surface area contributed by atoms with E-state index in [1.54, 1.807) is 0 Å². The van der Waals surface area contributed by atoms with E-state index in [0.29, 0.717) is 5.82 Å². The lowest BCUT2D eigenvalue weighted by Gasteiger charge is -2.15. The third kappa shape index (κ3) is 5.48. The molecule has 0 N–H and O–H groups in total. The molecular formula is C52H32N2S. The standard InChI is InChI=1S/C52H32N2S/c1-2-14-36(15-3-1)52-53-48(37-27-26-35-25-24-34-13-5-7-18-42(34)47(35)31-37)32-49(54-52)40-29-38(43-20-10-16-33-12-4-6-17-41(33)43)28-39(30-40)44-21-11-22-46-45-19-8-9-23-50(45)55-51(44)46/h1-32H. The normalized spacial score (nSPS) is 11.6. The smallest absolute Gasteiger partial charge is 0.160 e. The Bertz CT molecular complexity index is 3260. The molecule has 2 heterocycles. The van der Waals surface area contributed by atoms with Crippen LogP contribution < -0.4 is 0 Å². The molecule has 0 aliphatic carbocycles. The van der Waals surface area contributed by atoms with Crippen molar-refractivity contribution in [1.29, 1.82) is 0 Å². The van der Waals surface area contributed by atoms with Gasteiger partial charge in [0.2, 0.25) is 0 Å². The summed E-state index contributed by atoms with van der Waals surface area (Å²) >= 11 is 1.86. The van der Waals surface area contributed by atoms with Crippen molar-refractivity contribution in [2.45, 2.75) is 0 Å². The second kappa shape index (κ2) is 12.9. The molecule has 55 heavy (non-hydrogen) atoms. The van der Waals surface area contributed by atoms with Crippen LogP contribution >= 0.6 is 11.3 Å². The molecule has 3 heteroatoms. The average molecular weight is 717 g/mol. The van der Waals surface area contributed by atoms with Crippen molar-refractivity contribution in [2.24, 2.45) is 0 Å². The fourth-order valence-corrected chi connectivity index (χ4v) is 9.40. The number of benzene rings is 9. The number of nitrogens with zero attached hydrogens (tertiary/aromatic N) is 2. The SMILES string of the molecule is c1ccc(-c2nc(-c3cc(-c4cccc5ccccc45)cc(-c4cccc5c4sc4ccccc45)c3)cc(-c3ccc4ccc5ccccc5c4c3)n2)cc1. The highest BCUT2D eigenvalue weighted by molar-refractivity contribution is 7.26. The number of thiophene rings is 1. The first-order valence-electron chi connectivity index (χ1n) is 18.6. The summed E-state index contributed by atoms with van der Waals surface area (Å²) in [5, 5.41) is 9.93. The Morgan fingerprint density at radius 3 is 1.71 bits per heavy atom. The van der Waals surface area contributed by atoms with Crippen molar-refractivity contribution in [2.75, 3.05) is 0 Å². The fraction of sp³-hybridized carbons (Fsp3) is 0. The number of hydrogen-bond acceptors (Lipinski definition) is 3. The van der Waals surface area contributed by atoms with Crippen LogP contribution in [-0.2, 0) is 0 Å². The molecule has 0 unspecified atom stereocenters. The zero-order chi connectivity index (χ0) is 36.3. The Morgan fingerprint density at radius 2 is 0.873 bits per heavy atom. The van der Waals surface area contributed by atoms with Crippen LogP contribution in [0.25, 0.3) is 109 Å². The van der Waals surface area contributed by atoms with Gasteiger partial charge in [0, 0.05) is 36.9 Å². The van der Waals surface area contributed by atoms with Gasteiger partial charge in [0.05, 0.1) is 11.4 Å². The van der Waals surface area contributed by atoms with Crippen LogP contribution in [0, 0.1) is 0 Å². The summed E-state index contributed by atoms with van der Waals surface area (Å²) < 4.78 is 2.59. The van der Waals surface area contributed by atoms with Gasteiger partial charge in [-0.2, -0.15) is 0 Å². The minimum atomic E-state index is 0.704. The van der Waals surface area contributed by atoms with E-state index in [1.165, 1.54) is 63.6 Å². The van der Waals surface area contributed by atoms with Crippen molar-refractivity contribution >= 4 is 63.8 Å². The van der Waals surface area contributed by atoms with E-state index in [2.05, 4.69) is 188 Å². The Balaban J connectivity index is 1.18. The van der Waals surface area contributed by atoms with E-state index in [1.807, 2.05) is 17.4 Å². The summed E-state index contributed by atoms with van der Waals surface area (Å²) in [6.07, 6.45) is 0. The van der Waals surface area contributed by atoms with Gasteiger partial charge in [0.25, 0.3) is 0 Å². The molecule has 0 aliphatic rings. The molecular weight excluding hydrogens is 685 g/mol. The molecule has 0 atom stereocenters. The van der Waals surface area contributed by atoms with E-state index in [9.17, 15) is 0 Å². The molecule has 0 fully saturated rings. The summed E-state index contributed by atoms with van der Waals surface area (Å²) in [6, 6.07) is 69.9. The summed E-state index contributed by atoms with van der Waals surface area (Å²) in [4.78, 5) is 10.6. The van der Waals surface area contributed by atoms with E-state index in [4.69, 9.17) is 9.97 Å². The van der Waals surface area contributed by atoms with Gasteiger partial charge in [-0.1, -0.05) is 158 Å². The fourth-order valence-electron chi connectivity index (χ4n) is 8.16. The van der Waals surface area contributed by atoms with Gasteiger partial charge in [0.1, 0.15) is 0 Å². The van der Waals surface area contributed by atoms with Gasteiger partial charge in [-0.25, -0.2) is 9.97 Å². The molecule has 0 amide bonds. The first-order chi connectivity index (χ1) is 27.2. The summed E-state index contributed by atoms with van der Waals surface area (Å²) in [7, 11) is 0. The van der Waals surface area contributed by atoms with Crippen LogP contribution in [0.4, 0.5) is 0 Å². The minimum absolute atomic E-state index is 0.704. The number of hydrogen-bond donors (Lipinski definition) is 0. The van der Waals surface area contributed by atoms with Crippen LogP contribution in [0.1, 0.15) is 0 Å². The molecule has 11 aromatic rings. The largest absolute Gasteiger partial charge is 0.228 e. The van der Waals surface area contributed by atoms with Crippen molar-refractivity contribution in [1.82, 2.24) is 9.97 Å². The van der Waals surface area contributed by atoms with Crippen molar-refractivity contribution in [3.63, 3.8) is 0 Å². The van der Waals surface area contributed by atoms with Gasteiger partial charge in [-0.3, -0.25) is 0 Å². The molecule has 0 saturated carbocycles. The van der Waals surface area contributed by atoms with Crippen LogP contribution in [0.3, 0.4) is 0 Å². The monoisotopic (exact) mass is 716 g/mol. The van der Waals surface area contributed by atoms with Crippen LogP contribution in [0.15, 0.2) is 194 Å². The van der Waals surface area contributed by atoms with Crippen molar-refractivity contribution < 1.29 is 0 Å². The predicted octanol–water partition coefficient (Wildman–Crippen LogP) is 14.6. The van der Waals surface area contributed by atoms with E-state index < -0.39 is 0 Å². The molecule has 0 bridgehead atoms. The Labute approximate surface area is 322 Å². The maximum atomic E-state index is 5.33. The third-order valence-electron chi connectivity index (χ3n) is 10.8. The van der Waals surface area contributed by atoms with Gasteiger partial charge >= 0.3 is 0 Å². The van der Waals surface area contributed by atoms with Crippen molar-refractivity contribution in [3.05, 3.63) is 194 Å². The lowest BCUT2D eigenvalue weighted by atomic mass is 9.91. The van der Waals surface area contributed by atoms with E-state index >= 15 is 0 Å². The maximum Gasteiger partial charge on any atom is 0.160 e. The van der Waals surface area contributed by atoms with Crippen LogP contribution in [-0.4, -0.2) is 9.97 Å². The molecule has 256 valence electrons. The quantitative estimate of drug-likeness (QED) is 0.166. The topological polar surface area (TPSA) is 25.8 Å². The lowest BCUT2D eigenvalue weighted by molar-refractivity contribution is 1.18. The second-order valence-electron chi connectivity index (χ2n) is 14.2. The number of rotatable bonds is 5. The molecule has 0 radical (unpaired) electrons. The average Bonchev–Trinajstić information content (AvgIpc) is 3.65. The van der Waals surface area contributed by atoms with Gasteiger partial charge in [0.15, 0.2) is 5.82 Å². The van der Waals surface area contributed by atoms with E-state index in [-0.39, 0.29) is 0 Å². The van der Waals surface area contributed by atoms with Crippen LogP contribution in [0.5, 0.6) is 0 Å². The van der Waals surface area contributed by atoms with Gasteiger partial charge in [-0.05, 0) is 91.0 Å². The van der Waals surface area contributed by atoms with Crippen LogP contribution in [0.2, 0.25) is 0 Å². The molecule has 9 aromatic carbocycles. The molecule has 0 saturated heterocycles. The molecule has 2 aromatic heterocycles. The first-order valence-corrected chi connectivity index (χ1v) is 19.5. The summed E-state index contributed by atoms with van der Waals surface area (Å²) in [6.45, 7) is 0. The summed E-state index contributed by atoms with van der Waals surface area (Å²) in [5.74, 6) is 0.704. The summed E-state index contributed by atoms with van der Waals surface area (Å²) in [5.41, 5.74) is 9.60. The molecule has 0 spiro atoms. The Kier molecular flexibility index (Phi) is 7.39. The highest BCUT2D eigenvalue weighted by Gasteiger charge is 2.17.